The Kier molecular flexibility index (Phi) is 7.17. The molecule has 2 N–H and O–H groups in total. The molecular weight excluding hydrogens is 360 g/mol. The number of nitrogens with one attached hydrogen (secondary N) is 2. The fourth-order valence-electron chi connectivity index (χ4n) is 3.16. The van der Waals surface area contributed by atoms with E-state index in [9.17, 15) is 9.59 Å². The first-order valence-corrected chi connectivity index (χ1v) is 9.88. The Labute approximate surface area is 172 Å². The van der Waals surface area contributed by atoms with E-state index in [1.54, 1.807) is 6.92 Å². The average Bonchev–Trinajstić information content (AvgIpc) is 2.77. The Hall–Kier alpha value is -3.40. The number of amides is 2. The average molecular weight is 386 g/mol. The minimum atomic E-state index is -0.617. The van der Waals surface area contributed by atoms with E-state index in [-0.39, 0.29) is 11.8 Å². The van der Waals surface area contributed by atoms with Crippen molar-refractivity contribution in [2.75, 3.05) is 0 Å². The molecule has 0 saturated carbocycles. The zero-order chi connectivity index (χ0) is 20.5. The number of carbonyl (C=O) groups excluding carboxylic acids is 2. The Balaban J connectivity index is 1.57. The first-order chi connectivity index (χ1) is 14.1. The maximum Gasteiger partial charge on any atom is 0.252 e. The van der Waals surface area contributed by atoms with Gasteiger partial charge in [-0.05, 0) is 42.5 Å². The second-order valence-electron chi connectivity index (χ2n) is 7.04. The molecule has 2 amide bonds. The van der Waals surface area contributed by atoms with Gasteiger partial charge in [-0.1, -0.05) is 78.9 Å². The van der Waals surface area contributed by atoms with Crippen LogP contribution < -0.4 is 10.6 Å². The van der Waals surface area contributed by atoms with Gasteiger partial charge >= 0.3 is 0 Å². The number of hydrogen-bond acceptors (Lipinski definition) is 2. The summed E-state index contributed by atoms with van der Waals surface area (Å²) in [6.07, 6.45) is 1.63. The maximum atomic E-state index is 12.8. The first-order valence-electron chi connectivity index (χ1n) is 9.88. The summed E-state index contributed by atoms with van der Waals surface area (Å²) in [5.74, 6) is -0.431. The monoisotopic (exact) mass is 386 g/mol. The quantitative estimate of drug-likeness (QED) is 0.617. The highest BCUT2D eigenvalue weighted by Gasteiger charge is 2.18. The molecule has 0 heterocycles. The van der Waals surface area contributed by atoms with Gasteiger partial charge in [-0.3, -0.25) is 9.59 Å². The Morgan fingerprint density at radius 1 is 0.759 bits per heavy atom. The molecule has 0 spiro atoms. The van der Waals surface area contributed by atoms with Crippen LogP contribution in [0.4, 0.5) is 0 Å². The van der Waals surface area contributed by atoms with Crippen molar-refractivity contribution >= 4 is 11.8 Å². The van der Waals surface area contributed by atoms with Crippen molar-refractivity contribution < 1.29 is 9.59 Å². The van der Waals surface area contributed by atoms with E-state index in [1.165, 1.54) is 5.56 Å². The fourth-order valence-corrected chi connectivity index (χ4v) is 3.16. The lowest BCUT2D eigenvalue weighted by molar-refractivity contribution is -0.122. The van der Waals surface area contributed by atoms with Crippen molar-refractivity contribution in [2.24, 2.45) is 0 Å². The van der Waals surface area contributed by atoms with Gasteiger partial charge in [0.15, 0.2) is 0 Å². The largest absolute Gasteiger partial charge is 0.350 e. The van der Waals surface area contributed by atoms with Crippen LogP contribution in [0.1, 0.15) is 34.0 Å². The highest BCUT2D eigenvalue weighted by atomic mass is 16.2. The van der Waals surface area contributed by atoms with Crippen LogP contribution in [0.5, 0.6) is 0 Å². The van der Waals surface area contributed by atoms with Crippen LogP contribution in [-0.2, 0) is 24.2 Å². The lowest BCUT2D eigenvalue weighted by Gasteiger charge is -2.16. The maximum absolute atomic E-state index is 12.8. The number of benzene rings is 3. The van der Waals surface area contributed by atoms with Crippen molar-refractivity contribution in [2.45, 2.75) is 32.4 Å². The van der Waals surface area contributed by atoms with Gasteiger partial charge in [-0.2, -0.15) is 0 Å². The van der Waals surface area contributed by atoms with Crippen LogP contribution >= 0.6 is 0 Å². The summed E-state index contributed by atoms with van der Waals surface area (Å²) in [4.78, 5) is 25.1. The van der Waals surface area contributed by atoms with Crippen LogP contribution in [-0.4, -0.2) is 17.9 Å². The van der Waals surface area contributed by atoms with E-state index in [1.807, 2.05) is 72.8 Å². The van der Waals surface area contributed by atoms with Crippen molar-refractivity contribution in [3.05, 3.63) is 107 Å². The van der Waals surface area contributed by atoms with Gasteiger partial charge in [-0.25, -0.2) is 0 Å². The van der Waals surface area contributed by atoms with E-state index < -0.39 is 6.04 Å². The normalized spacial score (nSPS) is 11.5. The summed E-state index contributed by atoms with van der Waals surface area (Å²) >= 11 is 0. The zero-order valence-electron chi connectivity index (χ0n) is 16.6. The topological polar surface area (TPSA) is 58.2 Å². The molecule has 0 radical (unpaired) electrons. The third kappa shape index (κ3) is 6.04. The Morgan fingerprint density at radius 3 is 2.03 bits per heavy atom. The predicted octanol–water partition coefficient (Wildman–Crippen LogP) is 3.91. The molecule has 1 atom stereocenters. The molecule has 0 aliphatic carbocycles. The predicted molar refractivity (Wildman–Crippen MR) is 116 cm³/mol. The molecule has 3 rings (SSSR count). The van der Waals surface area contributed by atoms with E-state index in [4.69, 9.17) is 0 Å². The van der Waals surface area contributed by atoms with E-state index >= 15 is 0 Å². The third-order valence-corrected chi connectivity index (χ3v) is 4.84. The molecule has 4 nitrogen and oxygen atoms in total. The lowest BCUT2D eigenvalue weighted by Crippen LogP contribution is -2.44. The highest BCUT2D eigenvalue weighted by molar-refractivity contribution is 5.98. The minimum absolute atomic E-state index is 0.205. The van der Waals surface area contributed by atoms with Gasteiger partial charge in [0.25, 0.3) is 5.91 Å². The van der Waals surface area contributed by atoms with Gasteiger partial charge in [0, 0.05) is 12.1 Å². The van der Waals surface area contributed by atoms with Crippen LogP contribution in [0.2, 0.25) is 0 Å². The fraction of sp³-hybridized carbons (Fsp3) is 0.200. The second kappa shape index (κ2) is 10.2. The molecule has 0 bridgehead atoms. The number of carbonyl (C=O) groups is 2. The molecule has 0 aromatic heterocycles. The summed E-state index contributed by atoms with van der Waals surface area (Å²) in [6, 6.07) is 26.8. The van der Waals surface area contributed by atoms with Crippen LogP contribution in [0.3, 0.4) is 0 Å². The van der Waals surface area contributed by atoms with E-state index in [2.05, 4.69) is 22.8 Å². The summed E-state index contributed by atoms with van der Waals surface area (Å²) in [7, 11) is 0. The van der Waals surface area contributed by atoms with Crippen molar-refractivity contribution in [1.29, 1.82) is 0 Å². The van der Waals surface area contributed by atoms with Gasteiger partial charge in [0.2, 0.25) is 5.91 Å². The molecule has 29 heavy (non-hydrogen) atoms. The molecule has 0 fully saturated rings. The van der Waals surface area contributed by atoms with Crippen LogP contribution in [0.15, 0.2) is 84.9 Å². The summed E-state index contributed by atoms with van der Waals surface area (Å²) < 4.78 is 0. The van der Waals surface area contributed by atoms with Gasteiger partial charge in [0.1, 0.15) is 6.04 Å². The third-order valence-electron chi connectivity index (χ3n) is 4.84. The molecule has 3 aromatic rings. The molecule has 0 saturated heterocycles. The molecule has 1 unspecified atom stereocenters. The molecule has 0 aliphatic rings. The van der Waals surface area contributed by atoms with Gasteiger partial charge in [-0.15, -0.1) is 0 Å². The Bertz CT molecular complexity index is 939. The summed E-state index contributed by atoms with van der Waals surface area (Å²) in [5, 5.41) is 5.68. The highest BCUT2D eigenvalue weighted by Crippen LogP contribution is 2.13. The standard InChI is InChI=1S/C25H26N2O2/c1-19(24(28)26-18-21-12-6-3-7-13-21)27-25(29)23-15-9-8-14-22(23)17-16-20-10-4-2-5-11-20/h2-15,19H,16-18H2,1H3,(H,26,28)(H,27,29). The summed E-state index contributed by atoms with van der Waals surface area (Å²) in [5.41, 5.74) is 3.85. The van der Waals surface area contributed by atoms with Gasteiger partial charge < -0.3 is 10.6 Å². The zero-order valence-corrected chi connectivity index (χ0v) is 16.6. The van der Waals surface area contributed by atoms with Crippen molar-refractivity contribution in [3.8, 4) is 0 Å². The molecule has 148 valence electrons. The van der Waals surface area contributed by atoms with Crippen molar-refractivity contribution in [1.82, 2.24) is 10.6 Å². The number of hydrogen-bond donors (Lipinski definition) is 2. The number of aryl methyl sites for hydroxylation is 2. The van der Waals surface area contributed by atoms with Crippen molar-refractivity contribution in [3.63, 3.8) is 0 Å². The van der Waals surface area contributed by atoms with Crippen LogP contribution in [0, 0.1) is 0 Å². The minimum Gasteiger partial charge on any atom is -0.350 e. The van der Waals surface area contributed by atoms with Gasteiger partial charge in [0.05, 0.1) is 0 Å². The first kappa shape index (κ1) is 20.3. The Morgan fingerprint density at radius 2 is 1.34 bits per heavy atom. The molecule has 0 aliphatic heterocycles. The van der Waals surface area contributed by atoms with E-state index in [0.29, 0.717) is 12.1 Å². The molecular formula is C25H26N2O2. The summed E-state index contributed by atoms with van der Waals surface area (Å²) in [6.45, 7) is 2.14. The number of rotatable bonds is 8. The van der Waals surface area contributed by atoms with E-state index in [0.717, 1.165) is 24.0 Å². The smallest absolute Gasteiger partial charge is 0.252 e. The second-order valence-corrected chi connectivity index (χ2v) is 7.04. The lowest BCUT2D eigenvalue weighted by atomic mass is 9.99. The van der Waals surface area contributed by atoms with Crippen LogP contribution in [0.25, 0.3) is 0 Å². The molecule has 3 aromatic carbocycles. The molecule has 4 heteroatoms. The SMILES string of the molecule is CC(NC(=O)c1ccccc1CCc1ccccc1)C(=O)NCc1ccccc1.